The van der Waals surface area contributed by atoms with E-state index in [0.29, 0.717) is 30.0 Å². The van der Waals surface area contributed by atoms with Crippen LogP contribution < -0.4 is 15.8 Å². The molecule has 3 rings (SSSR count). The molecule has 0 atom stereocenters. The van der Waals surface area contributed by atoms with E-state index < -0.39 is 0 Å². The zero-order chi connectivity index (χ0) is 14.8. The quantitative estimate of drug-likeness (QED) is 0.846. The average molecular weight is 286 g/mol. The highest BCUT2D eigenvalue weighted by molar-refractivity contribution is 5.94. The first-order chi connectivity index (χ1) is 10.2. The predicted molar refractivity (Wildman–Crippen MR) is 80.4 cm³/mol. The molecule has 0 saturated carbocycles. The molecule has 0 spiro atoms. The van der Waals surface area contributed by atoms with Crippen molar-refractivity contribution in [3.8, 4) is 11.5 Å². The zero-order valence-electron chi connectivity index (χ0n) is 11.9. The Labute approximate surface area is 122 Å². The van der Waals surface area contributed by atoms with Crippen LogP contribution in [0.2, 0.25) is 0 Å². The summed E-state index contributed by atoms with van der Waals surface area (Å²) in [6, 6.07) is 3.64. The van der Waals surface area contributed by atoms with Gasteiger partial charge in [0.05, 0.1) is 18.1 Å². The van der Waals surface area contributed by atoms with Gasteiger partial charge in [-0.25, -0.2) is 0 Å². The topological polar surface area (TPSA) is 82.2 Å². The normalized spacial score (nSPS) is 13.7. The molecule has 1 aliphatic rings. The van der Waals surface area contributed by atoms with Crippen LogP contribution in [0.5, 0.6) is 11.5 Å². The molecule has 1 amide bonds. The number of aromatic nitrogens is 2. The molecular formula is C15H18N4O2. The summed E-state index contributed by atoms with van der Waals surface area (Å²) in [6.07, 6.45) is 5.74. The first-order valence-electron chi connectivity index (χ1n) is 7.08. The lowest BCUT2D eigenvalue weighted by atomic mass is 10.0. The second-order valence-corrected chi connectivity index (χ2v) is 5.14. The van der Waals surface area contributed by atoms with E-state index in [1.807, 2.05) is 16.9 Å². The number of anilines is 2. The lowest BCUT2D eigenvalue weighted by Gasteiger charge is -2.18. The largest absolute Gasteiger partial charge is 0.452 e. The van der Waals surface area contributed by atoms with Crippen LogP contribution in [-0.2, 0) is 17.8 Å². The fourth-order valence-corrected chi connectivity index (χ4v) is 2.39. The van der Waals surface area contributed by atoms with E-state index in [9.17, 15) is 4.79 Å². The van der Waals surface area contributed by atoms with Gasteiger partial charge >= 0.3 is 0 Å². The first kappa shape index (κ1) is 13.5. The van der Waals surface area contributed by atoms with E-state index in [2.05, 4.69) is 17.3 Å². The summed E-state index contributed by atoms with van der Waals surface area (Å²) >= 11 is 0. The monoisotopic (exact) mass is 286 g/mol. The molecule has 1 aliphatic heterocycles. The number of fused-ring (bicyclic) bond motifs is 1. The Kier molecular flexibility index (Phi) is 3.51. The highest BCUT2D eigenvalue weighted by Crippen LogP contribution is 2.34. The van der Waals surface area contributed by atoms with Gasteiger partial charge in [0.2, 0.25) is 5.91 Å². The number of carbonyl (C=O) groups excluding carboxylic acids is 1. The van der Waals surface area contributed by atoms with E-state index in [1.54, 1.807) is 12.3 Å². The maximum absolute atomic E-state index is 11.4. The van der Waals surface area contributed by atoms with Gasteiger partial charge in [-0.1, -0.05) is 6.92 Å². The molecule has 6 heteroatoms. The molecule has 2 heterocycles. The number of ether oxygens (including phenoxy) is 1. The predicted octanol–water partition coefficient (Wildman–Crippen LogP) is 2.55. The molecule has 1 aromatic carbocycles. The molecule has 1 aromatic heterocycles. The molecule has 21 heavy (non-hydrogen) atoms. The number of aryl methyl sites for hydroxylation is 2. The Morgan fingerprint density at radius 3 is 3.10 bits per heavy atom. The Morgan fingerprint density at radius 2 is 2.29 bits per heavy atom. The third-order valence-corrected chi connectivity index (χ3v) is 3.42. The minimum Gasteiger partial charge on any atom is -0.452 e. The zero-order valence-corrected chi connectivity index (χ0v) is 11.9. The number of carbonyl (C=O) groups is 1. The number of hydrogen-bond acceptors (Lipinski definition) is 4. The summed E-state index contributed by atoms with van der Waals surface area (Å²) in [5.41, 5.74) is 8.32. The Balaban J connectivity index is 1.83. The number of benzene rings is 1. The van der Waals surface area contributed by atoms with E-state index in [4.69, 9.17) is 10.5 Å². The van der Waals surface area contributed by atoms with E-state index in [-0.39, 0.29) is 5.91 Å². The van der Waals surface area contributed by atoms with Gasteiger partial charge in [0, 0.05) is 18.7 Å². The highest BCUT2D eigenvalue weighted by Gasteiger charge is 2.17. The number of amides is 1. The van der Waals surface area contributed by atoms with Crippen LogP contribution in [-0.4, -0.2) is 15.7 Å². The maximum atomic E-state index is 11.4. The van der Waals surface area contributed by atoms with Crippen LogP contribution in [0.4, 0.5) is 11.4 Å². The van der Waals surface area contributed by atoms with Crippen LogP contribution in [0.25, 0.3) is 0 Å². The third kappa shape index (κ3) is 2.84. The van der Waals surface area contributed by atoms with Gasteiger partial charge in [0.25, 0.3) is 0 Å². The second kappa shape index (κ2) is 5.47. The summed E-state index contributed by atoms with van der Waals surface area (Å²) in [6.45, 7) is 2.95. The van der Waals surface area contributed by atoms with Crippen molar-refractivity contribution in [2.45, 2.75) is 32.7 Å². The van der Waals surface area contributed by atoms with Gasteiger partial charge < -0.3 is 15.8 Å². The third-order valence-electron chi connectivity index (χ3n) is 3.42. The summed E-state index contributed by atoms with van der Waals surface area (Å²) in [7, 11) is 0. The van der Waals surface area contributed by atoms with Crippen LogP contribution in [0.3, 0.4) is 0 Å². The van der Waals surface area contributed by atoms with Gasteiger partial charge in [0.15, 0.2) is 11.5 Å². The fourth-order valence-electron chi connectivity index (χ4n) is 2.39. The van der Waals surface area contributed by atoms with Crippen molar-refractivity contribution >= 4 is 17.3 Å². The summed E-state index contributed by atoms with van der Waals surface area (Å²) < 4.78 is 7.65. The molecule has 0 unspecified atom stereocenters. The Hall–Kier alpha value is -2.50. The molecule has 0 fully saturated rings. The van der Waals surface area contributed by atoms with E-state index in [1.165, 1.54) is 0 Å². The number of hydrogen-bond donors (Lipinski definition) is 2. The summed E-state index contributed by atoms with van der Waals surface area (Å²) in [5.74, 6) is 1.28. The van der Waals surface area contributed by atoms with Crippen molar-refractivity contribution in [1.82, 2.24) is 9.78 Å². The number of rotatable bonds is 4. The van der Waals surface area contributed by atoms with Crippen LogP contribution in [0, 0.1) is 0 Å². The smallest absolute Gasteiger partial charge is 0.224 e. The standard InChI is InChI=1S/C15H18N4O2/c1-2-5-19-9-11(8-17-19)21-14-6-10-3-4-15(20)18-13(10)7-12(14)16/h6-9H,2-5,16H2,1H3,(H,18,20). The fraction of sp³-hybridized carbons (Fsp3) is 0.333. The number of nitrogen functional groups attached to an aromatic ring is 1. The minimum atomic E-state index is 0.0245. The van der Waals surface area contributed by atoms with Crippen LogP contribution >= 0.6 is 0 Å². The van der Waals surface area contributed by atoms with Crippen molar-refractivity contribution in [3.05, 3.63) is 30.1 Å². The van der Waals surface area contributed by atoms with Crippen molar-refractivity contribution in [3.63, 3.8) is 0 Å². The van der Waals surface area contributed by atoms with E-state index >= 15 is 0 Å². The van der Waals surface area contributed by atoms with Crippen LogP contribution in [0.1, 0.15) is 25.3 Å². The van der Waals surface area contributed by atoms with Gasteiger partial charge in [0.1, 0.15) is 0 Å². The number of nitrogens with two attached hydrogens (primary N) is 1. The van der Waals surface area contributed by atoms with Gasteiger partial charge in [-0.05, 0) is 30.5 Å². The Morgan fingerprint density at radius 1 is 1.43 bits per heavy atom. The number of nitrogens with one attached hydrogen (secondary N) is 1. The highest BCUT2D eigenvalue weighted by atomic mass is 16.5. The van der Waals surface area contributed by atoms with Gasteiger partial charge in [-0.15, -0.1) is 0 Å². The molecule has 6 nitrogen and oxygen atoms in total. The molecule has 0 saturated heterocycles. The molecule has 0 radical (unpaired) electrons. The lowest BCUT2D eigenvalue weighted by molar-refractivity contribution is -0.116. The Bertz CT molecular complexity index is 678. The first-order valence-corrected chi connectivity index (χ1v) is 7.08. The van der Waals surface area contributed by atoms with E-state index in [0.717, 1.165) is 24.2 Å². The number of nitrogens with zero attached hydrogens (tertiary/aromatic N) is 2. The van der Waals surface area contributed by atoms with Crippen molar-refractivity contribution < 1.29 is 9.53 Å². The van der Waals surface area contributed by atoms with Crippen molar-refractivity contribution in [2.75, 3.05) is 11.1 Å². The van der Waals surface area contributed by atoms with Gasteiger partial charge in [-0.2, -0.15) is 5.10 Å². The van der Waals surface area contributed by atoms with Crippen molar-refractivity contribution in [1.29, 1.82) is 0 Å². The molecule has 2 aromatic rings. The van der Waals surface area contributed by atoms with Gasteiger partial charge in [-0.3, -0.25) is 9.48 Å². The summed E-state index contributed by atoms with van der Waals surface area (Å²) in [5, 5.41) is 7.04. The maximum Gasteiger partial charge on any atom is 0.224 e. The molecule has 3 N–H and O–H groups in total. The van der Waals surface area contributed by atoms with Crippen molar-refractivity contribution in [2.24, 2.45) is 0 Å². The lowest BCUT2D eigenvalue weighted by Crippen LogP contribution is -2.19. The second-order valence-electron chi connectivity index (χ2n) is 5.14. The molecule has 0 aliphatic carbocycles. The molecular weight excluding hydrogens is 268 g/mol. The average Bonchev–Trinajstić information content (AvgIpc) is 2.88. The SMILES string of the molecule is CCCn1cc(Oc2cc3c(cc2N)NC(=O)CC3)cn1. The van der Waals surface area contributed by atoms with Crippen LogP contribution in [0.15, 0.2) is 24.5 Å². The molecule has 0 bridgehead atoms. The summed E-state index contributed by atoms with van der Waals surface area (Å²) in [4.78, 5) is 11.4. The minimum absolute atomic E-state index is 0.0245. The molecule has 110 valence electrons.